The number of urea groups is 1. The maximum atomic E-state index is 12.9. The Morgan fingerprint density at radius 3 is 2.38 bits per heavy atom. The minimum absolute atomic E-state index is 0.0122. The van der Waals surface area contributed by atoms with Crippen LogP contribution in [0.1, 0.15) is 63.4 Å². The van der Waals surface area contributed by atoms with Gasteiger partial charge in [0, 0.05) is 48.1 Å². The van der Waals surface area contributed by atoms with Crippen LogP contribution < -0.4 is 21.1 Å². The Balaban J connectivity index is 0.000000898. The number of allylic oxidation sites excluding steroid dienone is 1. The van der Waals surface area contributed by atoms with Gasteiger partial charge in [0.05, 0.1) is 24.0 Å². The van der Waals surface area contributed by atoms with E-state index in [4.69, 9.17) is 15.9 Å². The van der Waals surface area contributed by atoms with Gasteiger partial charge in [0.2, 0.25) is 0 Å². The lowest BCUT2D eigenvalue weighted by Crippen LogP contribution is -2.67. The van der Waals surface area contributed by atoms with E-state index >= 15 is 0 Å². The van der Waals surface area contributed by atoms with Gasteiger partial charge in [0.25, 0.3) is 0 Å². The Morgan fingerprint density at radius 2 is 1.86 bits per heavy atom. The summed E-state index contributed by atoms with van der Waals surface area (Å²) in [5.74, 6) is 0.875. The van der Waals surface area contributed by atoms with Gasteiger partial charge < -0.3 is 26.1 Å². The average molecular weight is 509 g/mol. The molecule has 4 rings (SSSR count). The second-order valence-electron chi connectivity index (χ2n) is 9.24. The highest BCUT2D eigenvalue weighted by Gasteiger charge is 2.38. The molecule has 1 aromatic carbocycles. The number of para-hydroxylation sites is 1. The Bertz CT molecular complexity index is 1130. The summed E-state index contributed by atoms with van der Waals surface area (Å²) in [5.41, 5.74) is 8.24. The molecule has 1 saturated heterocycles. The van der Waals surface area contributed by atoms with E-state index in [2.05, 4.69) is 22.2 Å². The predicted molar refractivity (Wildman–Crippen MR) is 150 cm³/mol. The van der Waals surface area contributed by atoms with E-state index in [-0.39, 0.29) is 23.3 Å². The molecule has 0 unspecified atom stereocenters. The number of aromatic nitrogens is 1. The first kappa shape index (κ1) is 29.5. The Morgan fingerprint density at radius 1 is 1.24 bits per heavy atom. The van der Waals surface area contributed by atoms with E-state index in [0.29, 0.717) is 52.9 Å². The molecule has 2 fully saturated rings. The molecule has 1 aromatic heterocycles. The van der Waals surface area contributed by atoms with Crippen molar-refractivity contribution in [3.63, 3.8) is 0 Å². The smallest absolute Gasteiger partial charge is 0.323 e. The number of methoxy groups -OCH3 is 1. The molecule has 0 atom stereocenters. The number of benzene rings is 1. The summed E-state index contributed by atoms with van der Waals surface area (Å²) in [6, 6.07) is 6.80. The first-order chi connectivity index (χ1) is 17.6. The Kier molecular flexibility index (Phi) is 10.4. The van der Waals surface area contributed by atoms with Gasteiger partial charge in [-0.2, -0.15) is 0 Å². The summed E-state index contributed by atoms with van der Waals surface area (Å²) < 4.78 is 5.55. The van der Waals surface area contributed by atoms with E-state index in [0.717, 1.165) is 12.8 Å². The van der Waals surface area contributed by atoms with Crippen LogP contribution in [0.15, 0.2) is 43.1 Å². The fourth-order valence-electron chi connectivity index (χ4n) is 3.84. The molecule has 2 heterocycles. The molecule has 9 heteroatoms. The van der Waals surface area contributed by atoms with Gasteiger partial charge in [-0.15, -0.1) is 6.58 Å². The number of hydrogen-bond acceptors (Lipinski definition) is 7. The molecule has 5 N–H and O–H groups in total. The zero-order chi connectivity index (χ0) is 27.8. The Hall–Kier alpha value is -3.72. The lowest BCUT2D eigenvalue weighted by Gasteiger charge is -2.45. The summed E-state index contributed by atoms with van der Waals surface area (Å²) in [7, 11) is 1.54. The van der Waals surface area contributed by atoms with Crippen molar-refractivity contribution < 1.29 is 14.3 Å². The van der Waals surface area contributed by atoms with Crippen molar-refractivity contribution >= 4 is 34.7 Å². The summed E-state index contributed by atoms with van der Waals surface area (Å²) in [6.45, 7) is 13.8. The highest BCUT2D eigenvalue weighted by atomic mass is 16.5. The minimum Gasteiger partial charge on any atom is -0.494 e. The highest BCUT2D eigenvalue weighted by Crippen LogP contribution is 2.37. The zero-order valence-electron chi connectivity index (χ0n) is 22.8. The number of Topliss-reactive ketones (excluding diaryl/α,β-unsaturated/α-hetero) is 1. The lowest BCUT2D eigenvalue weighted by molar-refractivity contribution is 0.0968. The van der Waals surface area contributed by atoms with Crippen LogP contribution in [0, 0.1) is 11.3 Å². The van der Waals surface area contributed by atoms with Crippen molar-refractivity contribution in [1.82, 2.24) is 9.88 Å². The quantitative estimate of drug-likeness (QED) is 0.219. The van der Waals surface area contributed by atoms with Gasteiger partial charge >= 0.3 is 6.03 Å². The van der Waals surface area contributed by atoms with E-state index < -0.39 is 0 Å². The van der Waals surface area contributed by atoms with E-state index in [1.807, 2.05) is 39.8 Å². The number of nitrogens with one attached hydrogen (secondary N) is 3. The third kappa shape index (κ3) is 7.63. The maximum absolute atomic E-state index is 12.9. The average Bonchev–Trinajstić information content (AvgIpc) is 3.69. The second-order valence-corrected chi connectivity index (χ2v) is 9.24. The van der Waals surface area contributed by atoms with Crippen LogP contribution in [-0.2, 0) is 0 Å². The summed E-state index contributed by atoms with van der Waals surface area (Å²) in [4.78, 5) is 31.3. The number of nitrogens with two attached hydrogens (primary N) is 1. The van der Waals surface area contributed by atoms with E-state index in [1.54, 1.807) is 37.1 Å². The van der Waals surface area contributed by atoms with Crippen molar-refractivity contribution in [2.75, 3.05) is 30.8 Å². The fourth-order valence-corrected chi connectivity index (χ4v) is 3.84. The number of likely N-dealkylation sites (tertiary alicyclic amines) is 1. The van der Waals surface area contributed by atoms with Gasteiger partial charge in [-0.05, 0) is 45.7 Å². The molecule has 0 radical (unpaired) electrons. The van der Waals surface area contributed by atoms with Gasteiger partial charge in [0.15, 0.2) is 11.5 Å². The van der Waals surface area contributed by atoms with Crippen LogP contribution in [-0.4, -0.2) is 53.1 Å². The van der Waals surface area contributed by atoms with Crippen LogP contribution in [0.2, 0.25) is 0 Å². The van der Waals surface area contributed by atoms with E-state index in [1.165, 1.54) is 6.20 Å². The van der Waals surface area contributed by atoms with Gasteiger partial charge in [-0.3, -0.25) is 10.1 Å². The third-order valence-electron chi connectivity index (χ3n) is 5.64. The molecule has 2 aromatic rings. The highest BCUT2D eigenvalue weighted by molar-refractivity contribution is 6.06. The van der Waals surface area contributed by atoms with Crippen molar-refractivity contribution in [2.45, 2.75) is 53.0 Å². The molecule has 0 bridgehead atoms. The van der Waals surface area contributed by atoms with Crippen molar-refractivity contribution in [2.24, 2.45) is 11.7 Å². The largest absolute Gasteiger partial charge is 0.494 e. The Labute approximate surface area is 220 Å². The first-order valence-electron chi connectivity index (χ1n) is 12.6. The van der Waals surface area contributed by atoms with Crippen LogP contribution in [0.5, 0.6) is 5.75 Å². The fraction of sp³-hybridized carbons (Fsp3) is 0.429. The third-order valence-corrected chi connectivity index (χ3v) is 5.64. The first-order valence-corrected chi connectivity index (χ1v) is 12.6. The standard InChI is InChI=1S/C23H28N6O3.C3H6.C2H6/c1-13(24)15-5-4-6-17(21(15)32-3)27-18-9-19(26-10-16(18)20(30)14-7-8-14)28-22(31)29-11-23(2,25)12-29;1-3-2;1-2/h4-6,9-10,14,24H,7-8,11-12,25H2,1-3H3,(H2,26,27,28,31);3H,1H2,2H3;1-2H3. The van der Waals surface area contributed by atoms with Crippen LogP contribution >= 0.6 is 0 Å². The predicted octanol–water partition coefficient (Wildman–Crippen LogP) is 5.60. The van der Waals surface area contributed by atoms with Crippen LogP contribution in [0.3, 0.4) is 0 Å². The van der Waals surface area contributed by atoms with Gasteiger partial charge in [-0.25, -0.2) is 9.78 Å². The van der Waals surface area contributed by atoms with Crippen LogP contribution in [0.25, 0.3) is 0 Å². The number of carbonyl (C=O) groups is 2. The molecular weight excluding hydrogens is 468 g/mol. The molecule has 200 valence electrons. The zero-order valence-corrected chi connectivity index (χ0v) is 22.8. The molecule has 9 nitrogen and oxygen atoms in total. The van der Waals surface area contributed by atoms with Crippen molar-refractivity contribution in [3.05, 3.63) is 54.2 Å². The number of nitrogens with zero attached hydrogens (tertiary/aromatic N) is 2. The van der Waals surface area contributed by atoms with Gasteiger partial charge in [-0.1, -0.05) is 26.0 Å². The number of ketones is 1. The number of rotatable bonds is 7. The van der Waals surface area contributed by atoms with Crippen molar-refractivity contribution in [1.29, 1.82) is 5.41 Å². The SMILES string of the molecule is C=CC.CC.COc1c(Nc2cc(NC(=O)N3CC(C)(N)C3)ncc2C(=O)C2CC2)cccc1C(C)=N. The number of hydrogen-bond donors (Lipinski definition) is 4. The molecule has 37 heavy (non-hydrogen) atoms. The topological polar surface area (TPSA) is 133 Å². The molecule has 1 aliphatic heterocycles. The molecule has 0 spiro atoms. The number of amides is 2. The monoisotopic (exact) mass is 508 g/mol. The second kappa shape index (κ2) is 13.0. The maximum Gasteiger partial charge on any atom is 0.323 e. The molecule has 2 amide bonds. The number of carbonyl (C=O) groups excluding carboxylic acids is 2. The number of pyridine rings is 1. The van der Waals surface area contributed by atoms with Crippen LogP contribution in [0.4, 0.5) is 22.0 Å². The van der Waals surface area contributed by atoms with Crippen molar-refractivity contribution in [3.8, 4) is 5.75 Å². The van der Waals surface area contributed by atoms with Gasteiger partial charge in [0.1, 0.15) is 5.82 Å². The molecular formula is C28H40N6O3. The van der Waals surface area contributed by atoms with E-state index in [9.17, 15) is 9.59 Å². The summed E-state index contributed by atoms with van der Waals surface area (Å²) in [5, 5.41) is 14.0. The molecule has 2 aliphatic rings. The summed E-state index contributed by atoms with van der Waals surface area (Å²) in [6.07, 6.45) is 4.99. The molecule has 1 aliphatic carbocycles. The number of anilines is 3. The lowest BCUT2D eigenvalue weighted by atomic mass is 9.94. The normalized spacial score (nSPS) is 14.9. The summed E-state index contributed by atoms with van der Waals surface area (Å²) >= 11 is 0. The number of ether oxygens (including phenoxy) is 1. The molecule has 1 saturated carbocycles. The minimum atomic E-state index is -0.368.